The van der Waals surface area contributed by atoms with Gasteiger partial charge in [-0.2, -0.15) is 18.3 Å². The number of imidazole rings is 1. The number of aromatic nitrogens is 3. The van der Waals surface area contributed by atoms with Crippen molar-refractivity contribution in [1.82, 2.24) is 14.6 Å². The van der Waals surface area contributed by atoms with Gasteiger partial charge in [0.2, 0.25) is 5.91 Å². The SMILES string of the molecule is NC(=O)c1ccc(-c2cnc3c(NCCC(F)(F)F)cc(Br)nn23)cc1. The summed E-state index contributed by atoms with van der Waals surface area (Å²) in [5.74, 6) is -0.535. The molecule has 0 radical (unpaired) electrons. The van der Waals surface area contributed by atoms with E-state index in [0.717, 1.165) is 5.56 Å². The molecule has 2 aromatic heterocycles. The van der Waals surface area contributed by atoms with Crippen molar-refractivity contribution >= 4 is 33.2 Å². The fraction of sp³-hybridized carbons (Fsp3) is 0.188. The van der Waals surface area contributed by atoms with Crippen molar-refractivity contribution in [3.8, 4) is 11.3 Å². The summed E-state index contributed by atoms with van der Waals surface area (Å²) in [6.07, 6.45) is -3.64. The van der Waals surface area contributed by atoms with E-state index in [-0.39, 0.29) is 6.54 Å². The van der Waals surface area contributed by atoms with E-state index in [1.54, 1.807) is 36.5 Å². The van der Waals surface area contributed by atoms with Crippen LogP contribution in [0.15, 0.2) is 41.1 Å². The monoisotopic (exact) mass is 427 g/mol. The lowest BCUT2D eigenvalue weighted by molar-refractivity contribution is -0.131. The summed E-state index contributed by atoms with van der Waals surface area (Å²) < 4.78 is 39.0. The van der Waals surface area contributed by atoms with Crippen molar-refractivity contribution in [1.29, 1.82) is 0 Å². The lowest BCUT2D eigenvalue weighted by atomic mass is 10.1. The number of benzene rings is 1. The molecule has 0 aliphatic carbocycles. The van der Waals surface area contributed by atoms with Crippen molar-refractivity contribution in [2.24, 2.45) is 5.73 Å². The Hall–Kier alpha value is -2.62. The van der Waals surface area contributed by atoms with E-state index in [1.807, 2.05) is 0 Å². The Labute approximate surface area is 154 Å². The Kier molecular flexibility index (Phi) is 4.86. The van der Waals surface area contributed by atoms with Crippen molar-refractivity contribution < 1.29 is 18.0 Å². The fourth-order valence-corrected chi connectivity index (χ4v) is 2.80. The second-order valence-corrected chi connectivity index (χ2v) is 6.31. The van der Waals surface area contributed by atoms with Crippen molar-refractivity contribution in [2.75, 3.05) is 11.9 Å². The van der Waals surface area contributed by atoms with Gasteiger partial charge in [-0.25, -0.2) is 9.50 Å². The Morgan fingerprint density at radius 2 is 1.96 bits per heavy atom. The van der Waals surface area contributed by atoms with Crippen LogP contribution in [0.1, 0.15) is 16.8 Å². The first-order valence-electron chi connectivity index (χ1n) is 7.50. The minimum atomic E-state index is -4.24. The molecule has 1 amide bonds. The number of anilines is 1. The van der Waals surface area contributed by atoms with Crippen molar-refractivity contribution in [3.63, 3.8) is 0 Å². The van der Waals surface area contributed by atoms with E-state index >= 15 is 0 Å². The second-order valence-electron chi connectivity index (χ2n) is 5.49. The van der Waals surface area contributed by atoms with Gasteiger partial charge in [-0.3, -0.25) is 4.79 Å². The molecule has 136 valence electrons. The minimum Gasteiger partial charge on any atom is -0.382 e. The van der Waals surface area contributed by atoms with Gasteiger partial charge >= 0.3 is 6.18 Å². The maximum atomic E-state index is 12.4. The molecule has 0 saturated carbocycles. The van der Waals surface area contributed by atoms with Gasteiger partial charge in [0.05, 0.1) is 24.0 Å². The summed E-state index contributed by atoms with van der Waals surface area (Å²) in [5.41, 5.74) is 7.77. The molecule has 0 aliphatic rings. The van der Waals surface area contributed by atoms with Gasteiger partial charge in [-0.05, 0) is 34.1 Å². The number of rotatable bonds is 5. The summed E-state index contributed by atoms with van der Waals surface area (Å²) in [7, 11) is 0. The maximum absolute atomic E-state index is 12.4. The molecule has 0 aliphatic heterocycles. The molecule has 0 bridgehead atoms. The number of fused-ring (bicyclic) bond motifs is 1. The minimum absolute atomic E-state index is 0.273. The number of halogens is 4. The number of amides is 1. The molecule has 1 aromatic carbocycles. The van der Waals surface area contributed by atoms with Gasteiger partial charge in [-0.15, -0.1) is 0 Å². The van der Waals surface area contributed by atoms with Crippen molar-refractivity contribution in [3.05, 3.63) is 46.7 Å². The molecule has 10 heteroatoms. The van der Waals surface area contributed by atoms with E-state index in [9.17, 15) is 18.0 Å². The van der Waals surface area contributed by atoms with Crippen LogP contribution < -0.4 is 11.1 Å². The van der Waals surface area contributed by atoms with Gasteiger partial charge in [0.25, 0.3) is 0 Å². The lowest BCUT2D eigenvalue weighted by Crippen LogP contribution is -2.15. The predicted octanol–water partition coefficient (Wildman–Crippen LogP) is 3.62. The van der Waals surface area contributed by atoms with Crippen LogP contribution in [0.25, 0.3) is 16.9 Å². The Balaban J connectivity index is 1.95. The van der Waals surface area contributed by atoms with Crippen LogP contribution in [0.2, 0.25) is 0 Å². The number of hydrogen-bond acceptors (Lipinski definition) is 4. The van der Waals surface area contributed by atoms with E-state index in [1.165, 1.54) is 4.52 Å². The quantitative estimate of drug-likeness (QED) is 0.650. The first kappa shape index (κ1) is 18.2. The highest BCUT2D eigenvalue weighted by molar-refractivity contribution is 9.10. The normalized spacial score (nSPS) is 11.7. The Morgan fingerprint density at radius 3 is 2.58 bits per heavy atom. The Morgan fingerprint density at radius 1 is 1.27 bits per heavy atom. The first-order valence-corrected chi connectivity index (χ1v) is 8.29. The van der Waals surface area contributed by atoms with Crippen LogP contribution in [0.5, 0.6) is 0 Å². The standard InChI is InChI=1S/C16H13BrF3N5O/c17-13-7-11(22-6-5-16(18,19)20)15-23-8-12(25(15)24-13)9-1-3-10(4-2-9)14(21)26/h1-4,7-8,22H,5-6H2,(H2,21,26). The average Bonchev–Trinajstić information content (AvgIpc) is 2.97. The summed E-state index contributed by atoms with van der Waals surface area (Å²) >= 11 is 3.25. The predicted molar refractivity (Wildman–Crippen MR) is 93.8 cm³/mol. The number of nitrogens with one attached hydrogen (secondary N) is 1. The topological polar surface area (TPSA) is 85.3 Å². The van der Waals surface area contributed by atoms with E-state index in [2.05, 4.69) is 31.3 Å². The molecule has 3 rings (SSSR count). The van der Waals surface area contributed by atoms with Crippen LogP contribution in [0.3, 0.4) is 0 Å². The van der Waals surface area contributed by atoms with Crippen LogP contribution >= 0.6 is 15.9 Å². The third kappa shape index (κ3) is 3.96. The highest BCUT2D eigenvalue weighted by atomic mass is 79.9. The van der Waals surface area contributed by atoms with Gasteiger partial charge in [0, 0.05) is 17.7 Å². The fourth-order valence-electron chi connectivity index (χ4n) is 2.41. The number of carbonyl (C=O) groups is 1. The number of carbonyl (C=O) groups excluding carboxylic acids is 1. The molecule has 2 heterocycles. The zero-order chi connectivity index (χ0) is 18.9. The first-order chi connectivity index (χ1) is 12.2. The number of primary amides is 1. The van der Waals surface area contributed by atoms with E-state index in [4.69, 9.17) is 5.73 Å². The third-order valence-corrected chi connectivity index (χ3v) is 4.01. The Bertz CT molecular complexity index is 953. The molecule has 0 atom stereocenters. The molecule has 26 heavy (non-hydrogen) atoms. The molecule has 0 spiro atoms. The van der Waals surface area contributed by atoms with Gasteiger partial charge < -0.3 is 11.1 Å². The molecule has 0 fully saturated rings. The van der Waals surface area contributed by atoms with Crippen LogP contribution in [0, 0.1) is 0 Å². The molecule has 3 aromatic rings. The summed E-state index contributed by atoms with van der Waals surface area (Å²) in [6.45, 7) is -0.273. The number of alkyl halides is 3. The van der Waals surface area contributed by atoms with Crippen LogP contribution in [0.4, 0.5) is 18.9 Å². The highest BCUT2D eigenvalue weighted by Crippen LogP contribution is 2.27. The van der Waals surface area contributed by atoms with Gasteiger partial charge in [0.1, 0.15) is 4.60 Å². The zero-order valence-electron chi connectivity index (χ0n) is 13.2. The van der Waals surface area contributed by atoms with E-state index in [0.29, 0.717) is 27.2 Å². The second kappa shape index (κ2) is 6.94. The summed E-state index contributed by atoms with van der Waals surface area (Å²) in [5, 5.41) is 7.04. The van der Waals surface area contributed by atoms with Gasteiger partial charge in [-0.1, -0.05) is 12.1 Å². The molecular formula is C16H13BrF3N5O. The van der Waals surface area contributed by atoms with Crippen molar-refractivity contribution in [2.45, 2.75) is 12.6 Å². The van der Waals surface area contributed by atoms with Gasteiger partial charge in [0.15, 0.2) is 5.65 Å². The molecule has 0 unspecified atom stereocenters. The van der Waals surface area contributed by atoms with Crippen LogP contribution in [-0.2, 0) is 0 Å². The number of nitrogens with zero attached hydrogens (tertiary/aromatic N) is 3. The number of nitrogens with two attached hydrogens (primary N) is 1. The largest absolute Gasteiger partial charge is 0.390 e. The molecule has 6 nitrogen and oxygen atoms in total. The third-order valence-electron chi connectivity index (χ3n) is 3.63. The van der Waals surface area contributed by atoms with Crippen LogP contribution in [-0.4, -0.2) is 33.2 Å². The maximum Gasteiger partial charge on any atom is 0.390 e. The number of hydrogen-bond donors (Lipinski definition) is 2. The zero-order valence-corrected chi connectivity index (χ0v) is 14.8. The summed E-state index contributed by atoms with van der Waals surface area (Å²) in [4.78, 5) is 15.4. The van der Waals surface area contributed by atoms with E-state index < -0.39 is 18.5 Å². The smallest absolute Gasteiger partial charge is 0.382 e. The molecular weight excluding hydrogens is 415 g/mol. The lowest BCUT2D eigenvalue weighted by Gasteiger charge is -2.10. The average molecular weight is 428 g/mol. The molecule has 3 N–H and O–H groups in total. The summed E-state index contributed by atoms with van der Waals surface area (Å²) in [6, 6.07) is 8.12. The highest BCUT2D eigenvalue weighted by Gasteiger charge is 2.26. The molecule has 0 saturated heterocycles.